The molecule has 1 aromatic carbocycles. The molecule has 1 aromatic heterocycles. The molecule has 0 bridgehead atoms. The zero-order valence-electron chi connectivity index (χ0n) is 12.2. The number of halogens is 1. The summed E-state index contributed by atoms with van der Waals surface area (Å²) in [5.74, 6) is 0.0698. The Morgan fingerprint density at radius 2 is 2.27 bits per heavy atom. The number of hydrogen-bond acceptors (Lipinski definition) is 2. The van der Waals surface area contributed by atoms with Crippen molar-refractivity contribution < 1.29 is 9.18 Å². The van der Waals surface area contributed by atoms with Gasteiger partial charge in [0.15, 0.2) is 0 Å². The number of imidazole rings is 1. The summed E-state index contributed by atoms with van der Waals surface area (Å²) in [5.41, 5.74) is 2.40. The van der Waals surface area contributed by atoms with E-state index in [1.807, 2.05) is 10.6 Å². The Morgan fingerprint density at radius 3 is 3.09 bits per heavy atom. The minimum Gasteiger partial charge on any atom is -0.322 e. The Hall–Kier alpha value is -2.23. The molecule has 3 nitrogen and oxygen atoms in total. The quantitative estimate of drug-likeness (QED) is 0.805. The van der Waals surface area contributed by atoms with E-state index in [9.17, 15) is 9.18 Å². The summed E-state index contributed by atoms with van der Waals surface area (Å²) in [6.07, 6.45) is 10.7. The third kappa shape index (κ3) is 2.02. The molecule has 112 valence electrons. The van der Waals surface area contributed by atoms with Crippen molar-refractivity contribution in [3.05, 3.63) is 54.3 Å². The van der Waals surface area contributed by atoms with Crippen molar-refractivity contribution >= 4 is 5.78 Å². The fraction of sp³-hybridized carbons (Fsp3) is 0.333. The predicted molar refractivity (Wildman–Crippen MR) is 81.9 cm³/mol. The summed E-state index contributed by atoms with van der Waals surface area (Å²) in [4.78, 5) is 16.8. The molecule has 4 heteroatoms. The maximum Gasteiger partial charge on any atom is 0.138 e. The van der Waals surface area contributed by atoms with E-state index in [0.29, 0.717) is 12.0 Å². The third-order valence-corrected chi connectivity index (χ3v) is 4.78. The molecule has 0 amide bonds. The van der Waals surface area contributed by atoms with E-state index in [1.54, 1.807) is 18.6 Å². The zero-order valence-corrected chi connectivity index (χ0v) is 12.2. The Morgan fingerprint density at radius 1 is 1.36 bits per heavy atom. The largest absolute Gasteiger partial charge is 0.322 e. The molecule has 2 unspecified atom stereocenters. The van der Waals surface area contributed by atoms with Gasteiger partial charge in [0.25, 0.3) is 0 Å². The molecule has 2 aliphatic rings. The number of carbonyl (C=O) groups excluding carboxylic acids is 1. The van der Waals surface area contributed by atoms with Crippen LogP contribution in [-0.2, 0) is 4.79 Å². The van der Waals surface area contributed by atoms with Gasteiger partial charge in [0.1, 0.15) is 11.6 Å². The summed E-state index contributed by atoms with van der Waals surface area (Å²) >= 11 is 0. The summed E-state index contributed by atoms with van der Waals surface area (Å²) in [6, 6.07) is 4.83. The van der Waals surface area contributed by atoms with Gasteiger partial charge in [-0.05, 0) is 25.3 Å². The van der Waals surface area contributed by atoms with E-state index >= 15 is 0 Å². The van der Waals surface area contributed by atoms with E-state index in [-0.39, 0.29) is 23.6 Å². The van der Waals surface area contributed by atoms with Gasteiger partial charge >= 0.3 is 0 Å². The molecule has 2 heterocycles. The average molecular weight is 296 g/mol. The van der Waals surface area contributed by atoms with E-state index < -0.39 is 0 Å². The SMILES string of the molecule is O=C(CC1c2c(F)cccc2-c2cncn21)C1CC=CCC1. The maximum absolute atomic E-state index is 14.3. The number of hydrogen-bond donors (Lipinski definition) is 0. The summed E-state index contributed by atoms with van der Waals surface area (Å²) in [7, 11) is 0. The number of nitrogens with zero attached hydrogens (tertiary/aromatic N) is 2. The molecule has 0 saturated carbocycles. The first kappa shape index (κ1) is 13.4. The van der Waals surface area contributed by atoms with E-state index in [0.717, 1.165) is 30.5 Å². The van der Waals surface area contributed by atoms with Crippen molar-refractivity contribution in [2.45, 2.75) is 31.7 Å². The molecule has 0 spiro atoms. The van der Waals surface area contributed by atoms with Gasteiger partial charge in [0, 0.05) is 23.5 Å². The summed E-state index contributed by atoms with van der Waals surface area (Å²) in [6.45, 7) is 0. The van der Waals surface area contributed by atoms with Crippen molar-refractivity contribution in [3.8, 4) is 11.3 Å². The molecule has 22 heavy (non-hydrogen) atoms. The van der Waals surface area contributed by atoms with Crippen LogP contribution in [0.25, 0.3) is 11.3 Å². The van der Waals surface area contributed by atoms with E-state index in [1.165, 1.54) is 6.07 Å². The number of allylic oxidation sites excluding steroid dienone is 2. The predicted octanol–water partition coefficient (Wildman–Crippen LogP) is 3.91. The Bertz CT molecular complexity index is 762. The van der Waals surface area contributed by atoms with Crippen LogP contribution in [0.1, 0.15) is 37.3 Å². The van der Waals surface area contributed by atoms with Crippen LogP contribution in [0.2, 0.25) is 0 Å². The van der Waals surface area contributed by atoms with Crippen LogP contribution < -0.4 is 0 Å². The number of carbonyl (C=O) groups is 1. The highest BCUT2D eigenvalue weighted by Crippen LogP contribution is 2.42. The third-order valence-electron chi connectivity index (χ3n) is 4.78. The Balaban J connectivity index is 1.68. The number of benzene rings is 1. The number of aromatic nitrogens is 2. The molecule has 1 aliphatic heterocycles. The van der Waals surface area contributed by atoms with Gasteiger partial charge in [-0.15, -0.1) is 0 Å². The second-order valence-electron chi connectivity index (χ2n) is 6.05. The topological polar surface area (TPSA) is 34.9 Å². The first-order chi connectivity index (χ1) is 10.8. The maximum atomic E-state index is 14.3. The molecule has 0 radical (unpaired) electrons. The van der Waals surface area contributed by atoms with Crippen molar-refractivity contribution in [2.24, 2.45) is 5.92 Å². The van der Waals surface area contributed by atoms with Crippen molar-refractivity contribution in [3.63, 3.8) is 0 Å². The highest BCUT2D eigenvalue weighted by atomic mass is 19.1. The van der Waals surface area contributed by atoms with Crippen LogP contribution in [0.15, 0.2) is 42.9 Å². The number of rotatable bonds is 3. The number of fused-ring (bicyclic) bond motifs is 3. The second kappa shape index (κ2) is 5.20. The van der Waals surface area contributed by atoms with Gasteiger partial charge in [-0.1, -0.05) is 24.3 Å². The second-order valence-corrected chi connectivity index (χ2v) is 6.05. The van der Waals surface area contributed by atoms with Crippen LogP contribution in [-0.4, -0.2) is 15.3 Å². The molecule has 2 aromatic rings. The fourth-order valence-electron chi connectivity index (χ4n) is 3.64. The monoisotopic (exact) mass is 296 g/mol. The van der Waals surface area contributed by atoms with Gasteiger partial charge in [-0.3, -0.25) is 4.79 Å². The van der Waals surface area contributed by atoms with E-state index in [2.05, 4.69) is 17.1 Å². The first-order valence-electron chi connectivity index (χ1n) is 7.74. The first-order valence-corrected chi connectivity index (χ1v) is 7.74. The van der Waals surface area contributed by atoms with Crippen LogP contribution in [0.5, 0.6) is 0 Å². The van der Waals surface area contributed by atoms with Gasteiger partial charge in [0.05, 0.1) is 24.3 Å². The molecule has 2 atom stereocenters. The fourth-order valence-corrected chi connectivity index (χ4v) is 3.64. The lowest BCUT2D eigenvalue weighted by atomic mass is 9.86. The van der Waals surface area contributed by atoms with Crippen molar-refractivity contribution in [1.29, 1.82) is 0 Å². The average Bonchev–Trinajstić information content (AvgIpc) is 3.12. The molecule has 0 saturated heterocycles. The molecule has 1 aliphatic carbocycles. The van der Waals surface area contributed by atoms with Gasteiger partial charge < -0.3 is 4.57 Å². The van der Waals surface area contributed by atoms with Crippen LogP contribution in [0.3, 0.4) is 0 Å². The standard InChI is InChI=1S/C18H17FN2O/c19-14-8-4-7-13-16-10-20-11-21(16)15(18(13)14)9-17(22)12-5-2-1-3-6-12/h1-2,4,7-8,10-12,15H,3,5-6,9H2. The Kier molecular flexibility index (Phi) is 3.17. The van der Waals surface area contributed by atoms with Gasteiger partial charge in [-0.2, -0.15) is 0 Å². The molecule has 0 fully saturated rings. The summed E-state index contributed by atoms with van der Waals surface area (Å²) in [5, 5.41) is 0. The normalized spacial score (nSPS) is 22.4. The lowest BCUT2D eigenvalue weighted by Gasteiger charge is -2.20. The lowest BCUT2D eigenvalue weighted by Crippen LogP contribution is -2.20. The van der Waals surface area contributed by atoms with Crippen molar-refractivity contribution in [2.75, 3.05) is 0 Å². The molecule has 0 N–H and O–H groups in total. The lowest BCUT2D eigenvalue weighted by molar-refractivity contribution is -0.123. The Labute approximate surface area is 128 Å². The highest BCUT2D eigenvalue weighted by Gasteiger charge is 2.34. The van der Waals surface area contributed by atoms with Gasteiger partial charge in [0.2, 0.25) is 0 Å². The number of ketones is 1. The van der Waals surface area contributed by atoms with Crippen LogP contribution >= 0.6 is 0 Å². The van der Waals surface area contributed by atoms with Crippen LogP contribution in [0.4, 0.5) is 4.39 Å². The zero-order chi connectivity index (χ0) is 15.1. The minimum atomic E-state index is -0.257. The van der Waals surface area contributed by atoms with Gasteiger partial charge in [-0.25, -0.2) is 9.37 Å². The molecular formula is C18H17FN2O. The summed E-state index contributed by atoms with van der Waals surface area (Å²) < 4.78 is 16.3. The molecular weight excluding hydrogens is 279 g/mol. The number of Topliss-reactive ketones (excluding diaryl/α,β-unsaturated/α-hetero) is 1. The highest BCUT2D eigenvalue weighted by molar-refractivity contribution is 5.83. The van der Waals surface area contributed by atoms with Crippen molar-refractivity contribution in [1.82, 2.24) is 9.55 Å². The molecule has 4 rings (SSSR count). The smallest absolute Gasteiger partial charge is 0.138 e. The van der Waals surface area contributed by atoms with E-state index in [4.69, 9.17) is 0 Å². The minimum absolute atomic E-state index is 0.0767. The van der Waals surface area contributed by atoms with Crippen LogP contribution in [0, 0.1) is 11.7 Å².